The summed E-state index contributed by atoms with van der Waals surface area (Å²) in [6.45, 7) is 1.51. The standard InChI is InChI=1S/C11H8F3NO2/c1-3-7(2)9-5-4-8(11(12,13)14)6-10(9)15(16)17/h1,4-7H,2H3. The van der Waals surface area contributed by atoms with E-state index in [-0.39, 0.29) is 5.56 Å². The van der Waals surface area contributed by atoms with E-state index < -0.39 is 28.3 Å². The first-order valence-corrected chi connectivity index (χ1v) is 4.59. The molecule has 0 fully saturated rings. The highest BCUT2D eigenvalue weighted by atomic mass is 19.4. The van der Waals surface area contributed by atoms with Crippen molar-refractivity contribution >= 4 is 5.69 Å². The van der Waals surface area contributed by atoms with Crippen LogP contribution in [0.2, 0.25) is 0 Å². The Balaban J connectivity index is 3.39. The van der Waals surface area contributed by atoms with Gasteiger partial charge in [0.05, 0.1) is 10.5 Å². The molecule has 0 aliphatic rings. The number of nitro benzene ring substituents is 1. The summed E-state index contributed by atoms with van der Waals surface area (Å²) in [5.41, 5.74) is -1.56. The zero-order valence-electron chi connectivity index (χ0n) is 8.78. The summed E-state index contributed by atoms with van der Waals surface area (Å²) >= 11 is 0. The fourth-order valence-corrected chi connectivity index (χ4v) is 1.33. The van der Waals surface area contributed by atoms with Gasteiger partial charge < -0.3 is 0 Å². The molecule has 0 N–H and O–H groups in total. The molecule has 1 atom stereocenters. The number of hydrogen-bond acceptors (Lipinski definition) is 2. The number of nitrogens with zero attached hydrogens (tertiary/aromatic N) is 1. The van der Waals surface area contributed by atoms with E-state index >= 15 is 0 Å². The van der Waals surface area contributed by atoms with E-state index in [0.717, 1.165) is 12.1 Å². The van der Waals surface area contributed by atoms with Crippen LogP contribution in [-0.4, -0.2) is 4.92 Å². The molecule has 1 aromatic rings. The molecule has 0 aliphatic carbocycles. The lowest BCUT2D eigenvalue weighted by Crippen LogP contribution is -2.07. The second-order valence-corrected chi connectivity index (χ2v) is 3.42. The average molecular weight is 243 g/mol. The number of halogens is 3. The van der Waals surface area contributed by atoms with Crippen LogP contribution in [0.25, 0.3) is 0 Å². The van der Waals surface area contributed by atoms with Crippen molar-refractivity contribution in [3.63, 3.8) is 0 Å². The van der Waals surface area contributed by atoms with Crippen molar-refractivity contribution in [3.8, 4) is 12.3 Å². The normalized spacial score (nSPS) is 12.9. The second-order valence-electron chi connectivity index (χ2n) is 3.42. The van der Waals surface area contributed by atoms with Crippen molar-refractivity contribution in [3.05, 3.63) is 39.4 Å². The van der Waals surface area contributed by atoms with Gasteiger partial charge in [0.15, 0.2) is 0 Å². The van der Waals surface area contributed by atoms with Gasteiger partial charge in [0.25, 0.3) is 5.69 Å². The van der Waals surface area contributed by atoms with Crippen LogP contribution in [0, 0.1) is 22.5 Å². The molecule has 3 nitrogen and oxygen atoms in total. The van der Waals surface area contributed by atoms with Gasteiger partial charge in [-0.1, -0.05) is 12.0 Å². The van der Waals surface area contributed by atoms with Crippen molar-refractivity contribution in [1.82, 2.24) is 0 Å². The van der Waals surface area contributed by atoms with Crippen LogP contribution in [0.3, 0.4) is 0 Å². The number of rotatable bonds is 2. The van der Waals surface area contributed by atoms with Gasteiger partial charge in [-0.15, -0.1) is 6.42 Å². The summed E-state index contributed by atoms with van der Waals surface area (Å²) in [6, 6.07) is 2.34. The lowest BCUT2D eigenvalue weighted by molar-refractivity contribution is -0.385. The van der Waals surface area contributed by atoms with Crippen molar-refractivity contribution in [2.24, 2.45) is 0 Å². The Bertz CT molecular complexity index is 488. The molecule has 1 rings (SSSR count). The van der Waals surface area contributed by atoms with Crippen molar-refractivity contribution in [2.45, 2.75) is 19.0 Å². The van der Waals surface area contributed by atoms with Crippen LogP contribution in [0.15, 0.2) is 18.2 Å². The van der Waals surface area contributed by atoms with Crippen LogP contribution < -0.4 is 0 Å². The summed E-state index contributed by atoms with van der Waals surface area (Å²) in [7, 11) is 0. The lowest BCUT2D eigenvalue weighted by atomic mass is 9.98. The van der Waals surface area contributed by atoms with Gasteiger partial charge in [-0.3, -0.25) is 10.1 Å². The maximum Gasteiger partial charge on any atom is 0.416 e. The number of benzene rings is 1. The third-order valence-corrected chi connectivity index (χ3v) is 2.27. The lowest BCUT2D eigenvalue weighted by Gasteiger charge is -2.10. The number of alkyl halides is 3. The predicted molar refractivity (Wildman–Crippen MR) is 55.3 cm³/mol. The molecule has 6 heteroatoms. The van der Waals surface area contributed by atoms with E-state index in [1.165, 1.54) is 6.92 Å². The number of nitro groups is 1. The van der Waals surface area contributed by atoms with Gasteiger partial charge in [0, 0.05) is 17.5 Å². The zero-order valence-corrected chi connectivity index (χ0v) is 8.78. The van der Waals surface area contributed by atoms with E-state index in [0.29, 0.717) is 6.07 Å². The average Bonchev–Trinajstić information content (AvgIpc) is 2.25. The van der Waals surface area contributed by atoms with Crippen LogP contribution >= 0.6 is 0 Å². The first-order valence-electron chi connectivity index (χ1n) is 4.59. The molecule has 0 bridgehead atoms. The summed E-state index contributed by atoms with van der Waals surface area (Å²) in [5.74, 6) is 1.64. The zero-order chi connectivity index (χ0) is 13.2. The smallest absolute Gasteiger partial charge is 0.258 e. The monoisotopic (exact) mass is 243 g/mol. The molecule has 0 heterocycles. The third-order valence-electron chi connectivity index (χ3n) is 2.27. The molecule has 1 aromatic carbocycles. The molecular formula is C11H8F3NO2. The highest BCUT2D eigenvalue weighted by Crippen LogP contribution is 2.35. The van der Waals surface area contributed by atoms with E-state index in [2.05, 4.69) is 5.92 Å². The van der Waals surface area contributed by atoms with Gasteiger partial charge >= 0.3 is 6.18 Å². The van der Waals surface area contributed by atoms with Gasteiger partial charge in [-0.05, 0) is 13.0 Å². The number of terminal acetylenes is 1. The minimum absolute atomic E-state index is 0.102. The summed E-state index contributed by atoms with van der Waals surface area (Å²) in [5, 5.41) is 10.7. The van der Waals surface area contributed by atoms with Gasteiger partial charge in [0.2, 0.25) is 0 Å². The van der Waals surface area contributed by atoms with E-state index in [1.807, 2.05) is 0 Å². The second kappa shape index (κ2) is 4.45. The van der Waals surface area contributed by atoms with Crippen LogP contribution in [0.1, 0.15) is 24.0 Å². The summed E-state index contributed by atoms with van der Waals surface area (Å²) in [4.78, 5) is 9.83. The topological polar surface area (TPSA) is 43.1 Å². The third kappa shape index (κ3) is 2.75. The molecule has 0 radical (unpaired) electrons. The Labute approximate surface area is 95.4 Å². The Morgan fingerprint density at radius 2 is 2.06 bits per heavy atom. The predicted octanol–water partition coefficient (Wildman–Crippen LogP) is 3.35. The minimum Gasteiger partial charge on any atom is -0.258 e. The molecule has 90 valence electrons. The molecule has 17 heavy (non-hydrogen) atoms. The molecule has 0 spiro atoms. The summed E-state index contributed by atoms with van der Waals surface area (Å²) in [6.07, 6.45) is 0.494. The largest absolute Gasteiger partial charge is 0.416 e. The van der Waals surface area contributed by atoms with Crippen molar-refractivity contribution in [1.29, 1.82) is 0 Å². The van der Waals surface area contributed by atoms with Crippen molar-refractivity contribution < 1.29 is 18.1 Å². The highest BCUT2D eigenvalue weighted by Gasteiger charge is 2.33. The number of hydrogen-bond donors (Lipinski definition) is 0. The minimum atomic E-state index is -4.61. The molecule has 0 aliphatic heterocycles. The molecule has 0 amide bonds. The molecular weight excluding hydrogens is 235 g/mol. The van der Waals surface area contributed by atoms with Gasteiger partial charge in [-0.25, -0.2) is 0 Å². The highest BCUT2D eigenvalue weighted by molar-refractivity contribution is 5.48. The van der Waals surface area contributed by atoms with Crippen molar-refractivity contribution in [2.75, 3.05) is 0 Å². The van der Waals surface area contributed by atoms with E-state index in [9.17, 15) is 23.3 Å². The van der Waals surface area contributed by atoms with Crippen LogP contribution in [0.4, 0.5) is 18.9 Å². The van der Waals surface area contributed by atoms with Crippen LogP contribution in [0.5, 0.6) is 0 Å². The van der Waals surface area contributed by atoms with Gasteiger partial charge in [-0.2, -0.15) is 13.2 Å². The first-order chi connectivity index (χ1) is 7.77. The quantitative estimate of drug-likeness (QED) is 0.454. The molecule has 0 saturated heterocycles. The maximum atomic E-state index is 12.4. The Morgan fingerprint density at radius 1 is 1.47 bits per heavy atom. The molecule has 1 unspecified atom stereocenters. The summed E-state index contributed by atoms with van der Waals surface area (Å²) < 4.78 is 37.1. The van der Waals surface area contributed by atoms with E-state index in [1.54, 1.807) is 0 Å². The SMILES string of the molecule is C#CC(C)c1ccc(C(F)(F)F)cc1[N+](=O)[O-]. The molecule has 0 aromatic heterocycles. The fraction of sp³-hybridized carbons (Fsp3) is 0.273. The Morgan fingerprint density at radius 3 is 2.47 bits per heavy atom. The molecule has 0 saturated carbocycles. The fourth-order valence-electron chi connectivity index (χ4n) is 1.33. The van der Waals surface area contributed by atoms with E-state index in [4.69, 9.17) is 6.42 Å². The first kappa shape index (κ1) is 13.0. The maximum absolute atomic E-state index is 12.4. The van der Waals surface area contributed by atoms with Gasteiger partial charge in [0.1, 0.15) is 0 Å². The Hall–Kier alpha value is -2.03. The van der Waals surface area contributed by atoms with Crippen LogP contribution in [-0.2, 0) is 6.18 Å². The Kier molecular flexibility index (Phi) is 3.42.